The molecule has 2 aliphatic rings. The average molecular weight is 574 g/mol. The molecule has 2 aromatic carbocycles. The molecule has 0 radical (unpaired) electrons. The molecule has 6 heteroatoms. The van der Waals surface area contributed by atoms with E-state index in [1.54, 1.807) is 0 Å². The Hall–Kier alpha value is -3.28. The molecule has 228 valence electrons. The van der Waals surface area contributed by atoms with Crippen molar-refractivity contribution in [3.63, 3.8) is 0 Å². The summed E-state index contributed by atoms with van der Waals surface area (Å²) in [4.78, 5) is 12.7. The number of hydrogen-bond donors (Lipinski definition) is 2. The standard InChI is InChI=1S/C36H51N3O3/c1-25-31-20-19-30(42-33(40)24-37-28-15-11-26(12-16-28)23-36(5,6)7)9-8-10-32(31)34(39-38-25)27-13-17-29(18-14-27)41-22-21-35(2,3)4/h11-18,30-31,37,39H,8-10,19-24H2,1-7H3. The molecule has 2 N–H and O–H groups in total. The third kappa shape index (κ3) is 9.64. The molecule has 0 bridgehead atoms. The number of allylic oxidation sites excluding steroid dienone is 1. The molecular formula is C36H51N3O3. The summed E-state index contributed by atoms with van der Waals surface area (Å²) in [6, 6.07) is 16.7. The first kappa shape index (κ1) is 31.7. The first-order valence-electron chi connectivity index (χ1n) is 15.7. The van der Waals surface area contributed by atoms with E-state index in [2.05, 4.69) is 101 Å². The third-order valence-electron chi connectivity index (χ3n) is 8.03. The minimum atomic E-state index is -0.198. The number of nitrogens with zero attached hydrogens (tertiary/aromatic N) is 1. The van der Waals surface area contributed by atoms with Crippen LogP contribution in [0.3, 0.4) is 0 Å². The quantitative estimate of drug-likeness (QED) is 0.295. The van der Waals surface area contributed by atoms with Gasteiger partial charge in [-0.2, -0.15) is 5.10 Å². The van der Waals surface area contributed by atoms with Crippen LogP contribution in [0.2, 0.25) is 0 Å². The number of nitrogens with one attached hydrogen (secondary N) is 2. The van der Waals surface area contributed by atoms with Gasteiger partial charge < -0.3 is 14.8 Å². The highest BCUT2D eigenvalue weighted by atomic mass is 16.5. The van der Waals surface area contributed by atoms with E-state index >= 15 is 0 Å². The number of esters is 1. The zero-order valence-corrected chi connectivity index (χ0v) is 26.8. The van der Waals surface area contributed by atoms with Gasteiger partial charge in [-0.15, -0.1) is 0 Å². The maximum absolute atomic E-state index is 12.7. The Balaban J connectivity index is 1.31. The summed E-state index contributed by atoms with van der Waals surface area (Å²) in [5, 5.41) is 7.91. The molecule has 0 saturated heterocycles. The maximum Gasteiger partial charge on any atom is 0.325 e. The highest BCUT2D eigenvalue weighted by Crippen LogP contribution is 2.36. The van der Waals surface area contributed by atoms with Crippen molar-refractivity contribution in [3.8, 4) is 5.75 Å². The van der Waals surface area contributed by atoms with E-state index in [9.17, 15) is 4.79 Å². The van der Waals surface area contributed by atoms with Crippen molar-refractivity contribution >= 4 is 23.1 Å². The van der Waals surface area contributed by atoms with Gasteiger partial charge in [0.05, 0.1) is 12.3 Å². The molecule has 1 aliphatic heterocycles. The first-order chi connectivity index (χ1) is 19.9. The Labute approximate surface area is 253 Å². The van der Waals surface area contributed by atoms with Gasteiger partial charge in [0.2, 0.25) is 0 Å². The van der Waals surface area contributed by atoms with Gasteiger partial charge in [-0.05, 0) is 116 Å². The second-order valence-electron chi connectivity index (χ2n) is 14.4. The van der Waals surface area contributed by atoms with Crippen LogP contribution in [-0.4, -0.2) is 30.9 Å². The monoisotopic (exact) mass is 573 g/mol. The van der Waals surface area contributed by atoms with Crippen LogP contribution in [0.15, 0.2) is 59.2 Å². The molecule has 0 amide bonds. The number of fused-ring (bicyclic) bond motifs is 1. The van der Waals surface area contributed by atoms with Crippen LogP contribution in [0.1, 0.15) is 98.1 Å². The van der Waals surface area contributed by atoms with Crippen LogP contribution < -0.4 is 15.5 Å². The highest BCUT2D eigenvalue weighted by molar-refractivity contribution is 5.91. The van der Waals surface area contributed by atoms with Crippen LogP contribution >= 0.6 is 0 Å². The van der Waals surface area contributed by atoms with Gasteiger partial charge in [0.1, 0.15) is 18.4 Å². The van der Waals surface area contributed by atoms with Gasteiger partial charge in [-0.3, -0.25) is 10.2 Å². The van der Waals surface area contributed by atoms with Gasteiger partial charge in [-0.1, -0.05) is 53.7 Å². The molecular weight excluding hydrogens is 522 g/mol. The van der Waals surface area contributed by atoms with Crippen molar-refractivity contribution in [3.05, 3.63) is 65.2 Å². The van der Waals surface area contributed by atoms with Crippen LogP contribution in [0.5, 0.6) is 5.75 Å². The average Bonchev–Trinajstić information content (AvgIpc) is 2.89. The Bertz CT molecular complexity index is 1250. The van der Waals surface area contributed by atoms with E-state index in [0.717, 1.165) is 73.4 Å². The van der Waals surface area contributed by atoms with E-state index in [1.165, 1.54) is 11.1 Å². The lowest BCUT2D eigenvalue weighted by Crippen LogP contribution is -2.31. The number of carbonyl (C=O) groups excluding carboxylic acids is 1. The fourth-order valence-electron chi connectivity index (χ4n) is 5.73. The predicted molar refractivity (Wildman–Crippen MR) is 174 cm³/mol. The summed E-state index contributed by atoms with van der Waals surface area (Å²) >= 11 is 0. The van der Waals surface area contributed by atoms with Crippen molar-refractivity contribution < 1.29 is 14.3 Å². The minimum Gasteiger partial charge on any atom is -0.494 e. The van der Waals surface area contributed by atoms with Crippen molar-refractivity contribution in [1.82, 2.24) is 5.43 Å². The molecule has 0 spiro atoms. The number of ether oxygens (including phenoxy) is 2. The second-order valence-corrected chi connectivity index (χ2v) is 14.4. The predicted octanol–water partition coefficient (Wildman–Crippen LogP) is 8.38. The summed E-state index contributed by atoms with van der Waals surface area (Å²) in [5.74, 6) is 0.960. The summed E-state index contributed by atoms with van der Waals surface area (Å²) in [6.07, 6.45) is 6.52. The molecule has 6 nitrogen and oxygen atoms in total. The van der Waals surface area contributed by atoms with E-state index in [1.807, 2.05) is 12.1 Å². The third-order valence-corrected chi connectivity index (χ3v) is 8.03. The topological polar surface area (TPSA) is 72.0 Å². The first-order valence-corrected chi connectivity index (χ1v) is 15.7. The van der Waals surface area contributed by atoms with E-state index < -0.39 is 0 Å². The second kappa shape index (κ2) is 13.8. The summed E-state index contributed by atoms with van der Waals surface area (Å²) < 4.78 is 11.9. The molecule has 2 atom stereocenters. The van der Waals surface area contributed by atoms with Crippen LogP contribution in [0.25, 0.3) is 5.70 Å². The van der Waals surface area contributed by atoms with Gasteiger partial charge in [0.15, 0.2) is 0 Å². The van der Waals surface area contributed by atoms with E-state index in [4.69, 9.17) is 9.47 Å². The van der Waals surface area contributed by atoms with Gasteiger partial charge >= 0.3 is 5.97 Å². The largest absolute Gasteiger partial charge is 0.494 e. The van der Waals surface area contributed by atoms with Gasteiger partial charge in [0.25, 0.3) is 0 Å². The number of hydrazone groups is 1. The zero-order chi connectivity index (χ0) is 30.3. The van der Waals surface area contributed by atoms with Gasteiger partial charge in [0, 0.05) is 17.3 Å². The van der Waals surface area contributed by atoms with Crippen LogP contribution in [-0.2, 0) is 16.0 Å². The molecule has 2 unspecified atom stereocenters. The lowest BCUT2D eigenvalue weighted by molar-refractivity contribution is -0.147. The van der Waals surface area contributed by atoms with Gasteiger partial charge in [-0.25, -0.2) is 0 Å². The number of rotatable bonds is 9. The van der Waals surface area contributed by atoms with Crippen molar-refractivity contribution in [2.45, 2.75) is 99.5 Å². The fourth-order valence-corrected chi connectivity index (χ4v) is 5.73. The molecule has 1 fully saturated rings. The normalized spacial score (nSPS) is 19.5. The van der Waals surface area contributed by atoms with Crippen molar-refractivity contribution in [2.24, 2.45) is 21.8 Å². The maximum atomic E-state index is 12.7. The molecule has 2 aromatic rings. The molecule has 1 saturated carbocycles. The molecule has 1 aliphatic carbocycles. The van der Waals surface area contributed by atoms with E-state index in [0.29, 0.717) is 6.61 Å². The fraction of sp³-hybridized carbons (Fsp3) is 0.556. The molecule has 4 rings (SSSR count). The minimum absolute atomic E-state index is 0.0642. The van der Waals surface area contributed by atoms with Crippen molar-refractivity contribution in [1.29, 1.82) is 0 Å². The number of carbonyl (C=O) groups is 1. The Morgan fingerprint density at radius 2 is 1.67 bits per heavy atom. The Kier molecular flexibility index (Phi) is 10.4. The van der Waals surface area contributed by atoms with E-state index in [-0.39, 0.29) is 35.4 Å². The summed E-state index contributed by atoms with van der Waals surface area (Å²) in [6.45, 7) is 16.4. The SMILES string of the molecule is CC1=NNC(c2ccc(OCCC(C)(C)C)cc2)=C2CCCC(OC(=O)CNc3ccc(CC(C)(C)C)cc3)CCC12. The molecule has 42 heavy (non-hydrogen) atoms. The summed E-state index contributed by atoms with van der Waals surface area (Å²) in [7, 11) is 0. The van der Waals surface area contributed by atoms with Crippen LogP contribution in [0.4, 0.5) is 5.69 Å². The number of anilines is 1. The van der Waals surface area contributed by atoms with Crippen molar-refractivity contribution in [2.75, 3.05) is 18.5 Å². The Morgan fingerprint density at radius 1 is 0.952 bits per heavy atom. The molecule has 0 aromatic heterocycles. The lowest BCUT2D eigenvalue weighted by Gasteiger charge is -2.32. The number of benzene rings is 2. The smallest absolute Gasteiger partial charge is 0.325 e. The lowest BCUT2D eigenvalue weighted by atomic mass is 9.80. The summed E-state index contributed by atoms with van der Waals surface area (Å²) in [5.41, 5.74) is 10.8. The Morgan fingerprint density at radius 3 is 2.33 bits per heavy atom. The zero-order valence-electron chi connectivity index (χ0n) is 26.8. The number of hydrogen-bond acceptors (Lipinski definition) is 6. The highest BCUT2D eigenvalue weighted by Gasteiger charge is 2.29. The molecule has 1 heterocycles. The van der Waals surface area contributed by atoms with Crippen LogP contribution in [0, 0.1) is 16.7 Å².